The number of nitrogens with one attached hydrogen (secondary N) is 2. The number of carbonyl (C=O) groups excluding carboxylic acids is 2. The van der Waals surface area contributed by atoms with Crippen molar-refractivity contribution < 1.29 is 18.9 Å². The van der Waals surface area contributed by atoms with Gasteiger partial charge in [0.05, 0.1) is 12.7 Å². The number of halogens is 1. The van der Waals surface area contributed by atoms with Crippen LogP contribution in [0.3, 0.4) is 0 Å². The third-order valence-electron chi connectivity index (χ3n) is 4.62. The van der Waals surface area contributed by atoms with Crippen molar-refractivity contribution in [3.05, 3.63) is 59.9 Å². The van der Waals surface area contributed by atoms with Crippen molar-refractivity contribution >= 4 is 29.3 Å². The van der Waals surface area contributed by atoms with Crippen LogP contribution >= 0.6 is 11.8 Å². The second-order valence-corrected chi connectivity index (χ2v) is 7.67. The van der Waals surface area contributed by atoms with Crippen LogP contribution in [0.2, 0.25) is 0 Å². The molecule has 0 radical (unpaired) electrons. The Morgan fingerprint density at radius 2 is 1.93 bits per heavy atom. The van der Waals surface area contributed by atoms with Crippen molar-refractivity contribution in [3.63, 3.8) is 0 Å². The van der Waals surface area contributed by atoms with Gasteiger partial charge in [-0.05, 0) is 43.0 Å². The number of amides is 2. The molecule has 0 saturated carbocycles. The minimum absolute atomic E-state index is 0.0981. The average Bonchev–Trinajstić information content (AvgIpc) is 2.67. The third kappa shape index (κ3) is 6.07. The Bertz CT molecular complexity index is 831. The van der Waals surface area contributed by atoms with Gasteiger partial charge in [-0.1, -0.05) is 24.3 Å². The summed E-state index contributed by atoms with van der Waals surface area (Å²) in [4.78, 5) is 28.4. The Kier molecular flexibility index (Phi) is 8.02. The van der Waals surface area contributed by atoms with Crippen molar-refractivity contribution in [2.75, 3.05) is 32.2 Å². The first kappa shape index (κ1) is 21.9. The molecule has 7 heteroatoms. The summed E-state index contributed by atoms with van der Waals surface area (Å²) in [5, 5.41) is 2.91. The van der Waals surface area contributed by atoms with Crippen LogP contribution in [-0.2, 0) is 16.1 Å². The van der Waals surface area contributed by atoms with Crippen molar-refractivity contribution in [3.8, 4) is 0 Å². The average molecular weight is 405 g/mol. The lowest BCUT2D eigenvalue weighted by Crippen LogP contribution is -3.15. The van der Waals surface area contributed by atoms with Gasteiger partial charge in [0.2, 0.25) is 0 Å². The highest BCUT2D eigenvalue weighted by Crippen LogP contribution is 2.24. The van der Waals surface area contributed by atoms with Gasteiger partial charge in [0.1, 0.15) is 5.82 Å². The second kappa shape index (κ2) is 10.2. The number of hydrogen-bond donors (Lipinski definition) is 2. The van der Waals surface area contributed by atoms with E-state index in [9.17, 15) is 14.0 Å². The van der Waals surface area contributed by atoms with E-state index >= 15 is 0 Å². The molecule has 1 unspecified atom stereocenters. The lowest BCUT2D eigenvalue weighted by molar-refractivity contribution is -0.886. The summed E-state index contributed by atoms with van der Waals surface area (Å²) in [6.45, 7) is 2.29. The molecule has 0 bridgehead atoms. The molecular formula is C21H27FN3O2S+. The first-order valence-electron chi connectivity index (χ1n) is 9.06. The maximum Gasteiger partial charge on any atom is 0.280 e. The maximum atomic E-state index is 13.3. The number of para-hydroxylation sites is 1. The summed E-state index contributed by atoms with van der Waals surface area (Å²) < 4.78 is 13.3. The number of thioether (sulfide) groups is 1. The fourth-order valence-electron chi connectivity index (χ4n) is 2.88. The van der Waals surface area contributed by atoms with Gasteiger partial charge < -0.3 is 15.1 Å². The van der Waals surface area contributed by atoms with Gasteiger partial charge in [-0.3, -0.25) is 9.59 Å². The monoisotopic (exact) mass is 404 g/mol. The second-order valence-electron chi connectivity index (χ2n) is 6.82. The molecule has 2 aromatic rings. The number of benzene rings is 2. The lowest BCUT2D eigenvalue weighted by Gasteiger charge is -2.25. The van der Waals surface area contributed by atoms with E-state index in [0.29, 0.717) is 6.54 Å². The summed E-state index contributed by atoms with van der Waals surface area (Å²) in [6.07, 6.45) is 1.96. The van der Waals surface area contributed by atoms with Gasteiger partial charge in [0.15, 0.2) is 12.6 Å². The van der Waals surface area contributed by atoms with E-state index in [1.54, 1.807) is 42.8 Å². The predicted molar refractivity (Wildman–Crippen MR) is 111 cm³/mol. The molecule has 5 nitrogen and oxygen atoms in total. The minimum atomic E-state index is -0.403. The minimum Gasteiger partial charge on any atom is -0.336 e. The molecule has 150 valence electrons. The Morgan fingerprint density at radius 3 is 2.61 bits per heavy atom. The van der Waals surface area contributed by atoms with Gasteiger partial charge in [-0.2, -0.15) is 0 Å². The molecule has 2 amide bonds. The zero-order valence-electron chi connectivity index (χ0n) is 16.7. The molecule has 0 aliphatic heterocycles. The van der Waals surface area contributed by atoms with Gasteiger partial charge in [0.25, 0.3) is 11.8 Å². The fourth-order valence-corrected chi connectivity index (χ4v) is 3.43. The van der Waals surface area contributed by atoms with Gasteiger partial charge in [-0.15, -0.1) is 11.8 Å². The number of anilines is 1. The SMILES string of the molecule is CSc1ccccc1NC(=O)C[NH+](C)[C@@H](C)C(=O)N(C)Cc1cccc(F)c1. The largest absolute Gasteiger partial charge is 0.336 e. The van der Waals surface area contributed by atoms with Crippen LogP contribution in [0.1, 0.15) is 12.5 Å². The van der Waals surface area contributed by atoms with Gasteiger partial charge >= 0.3 is 0 Å². The van der Waals surface area contributed by atoms with Crippen LogP contribution in [0.15, 0.2) is 53.4 Å². The summed E-state index contributed by atoms with van der Waals surface area (Å²) in [5.74, 6) is -0.568. The summed E-state index contributed by atoms with van der Waals surface area (Å²) in [6, 6.07) is 13.4. The lowest BCUT2D eigenvalue weighted by atomic mass is 10.2. The van der Waals surface area contributed by atoms with E-state index in [4.69, 9.17) is 0 Å². The van der Waals surface area contributed by atoms with Crippen LogP contribution in [0.4, 0.5) is 10.1 Å². The van der Waals surface area contributed by atoms with Crippen molar-refractivity contribution in [2.24, 2.45) is 0 Å². The zero-order valence-corrected chi connectivity index (χ0v) is 17.5. The Hall–Kier alpha value is -2.38. The molecule has 2 aromatic carbocycles. The first-order valence-corrected chi connectivity index (χ1v) is 10.3. The van der Waals surface area contributed by atoms with E-state index < -0.39 is 6.04 Å². The highest BCUT2D eigenvalue weighted by molar-refractivity contribution is 7.98. The molecule has 0 aliphatic rings. The van der Waals surface area contributed by atoms with Gasteiger partial charge in [0, 0.05) is 18.5 Å². The Morgan fingerprint density at radius 1 is 1.21 bits per heavy atom. The molecule has 0 aromatic heterocycles. The van der Waals surface area contributed by atoms with Crippen LogP contribution in [0.5, 0.6) is 0 Å². The first-order chi connectivity index (χ1) is 13.3. The molecule has 2 N–H and O–H groups in total. The van der Waals surface area contributed by atoms with Crippen molar-refractivity contribution in [1.82, 2.24) is 4.90 Å². The Balaban J connectivity index is 1.92. The van der Waals surface area contributed by atoms with E-state index in [0.717, 1.165) is 21.0 Å². The number of hydrogen-bond acceptors (Lipinski definition) is 3. The van der Waals surface area contributed by atoms with Crippen LogP contribution in [0, 0.1) is 5.82 Å². The van der Waals surface area contributed by atoms with E-state index in [1.807, 2.05) is 37.6 Å². The molecule has 0 fully saturated rings. The molecule has 0 heterocycles. The van der Waals surface area contributed by atoms with Crippen LogP contribution in [0.25, 0.3) is 0 Å². The maximum absolute atomic E-state index is 13.3. The number of likely N-dealkylation sites (N-methyl/N-ethyl adjacent to an activating group) is 2. The van der Waals surface area contributed by atoms with Crippen LogP contribution < -0.4 is 10.2 Å². The van der Waals surface area contributed by atoms with Crippen LogP contribution in [-0.4, -0.2) is 49.7 Å². The van der Waals surface area contributed by atoms with E-state index in [1.165, 1.54) is 12.1 Å². The molecule has 0 spiro atoms. The quantitative estimate of drug-likeness (QED) is 0.662. The molecule has 0 aliphatic carbocycles. The fraction of sp³-hybridized carbons (Fsp3) is 0.333. The third-order valence-corrected chi connectivity index (χ3v) is 5.41. The molecule has 28 heavy (non-hydrogen) atoms. The summed E-state index contributed by atoms with van der Waals surface area (Å²) >= 11 is 1.56. The number of rotatable bonds is 8. The molecule has 2 atom stereocenters. The number of quaternary nitrogens is 1. The Labute approximate surface area is 169 Å². The van der Waals surface area contributed by atoms with Gasteiger partial charge in [-0.25, -0.2) is 4.39 Å². The zero-order chi connectivity index (χ0) is 20.7. The molecule has 0 saturated heterocycles. The number of nitrogens with zero attached hydrogens (tertiary/aromatic N) is 1. The smallest absolute Gasteiger partial charge is 0.280 e. The molecular weight excluding hydrogens is 377 g/mol. The normalized spacial score (nSPS) is 12.9. The van der Waals surface area contributed by atoms with E-state index in [-0.39, 0.29) is 24.2 Å². The van der Waals surface area contributed by atoms with Crippen molar-refractivity contribution in [2.45, 2.75) is 24.4 Å². The van der Waals surface area contributed by atoms with Crippen molar-refractivity contribution in [1.29, 1.82) is 0 Å². The van der Waals surface area contributed by atoms with E-state index in [2.05, 4.69) is 5.32 Å². The highest BCUT2D eigenvalue weighted by Gasteiger charge is 2.27. The molecule has 2 rings (SSSR count). The number of carbonyl (C=O) groups is 2. The summed E-state index contributed by atoms with van der Waals surface area (Å²) in [7, 11) is 3.50. The topological polar surface area (TPSA) is 53.9 Å². The predicted octanol–water partition coefficient (Wildman–Crippen LogP) is 2.05. The highest BCUT2D eigenvalue weighted by atomic mass is 32.2. The summed E-state index contributed by atoms with van der Waals surface area (Å²) in [5.41, 5.74) is 1.50. The standard InChI is InChI=1S/C21H26FN3O2S/c1-15(21(27)25(3)13-16-8-7-9-17(22)12-16)24(2)14-20(26)23-18-10-5-6-11-19(18)28-4/h5-12,15H,13-14H2,1-4H3,(H,23,26)/p+1/t15-/m0/s1.